The summed E-state index contributed by atoms with van der Waals surface area (Å²) >= 11 is 3.18. The number of nitrogens with two attached hydrogens (primary N) is 1. The van der Waals surface area contributed by atoms with Gasteiger partial charge in [-0.15, -0.1) is 0 Å². The van der Waals surface area contributed by atoms with E-state index in [2.05, 4.69) is 99.8 Å². The summed E-state index contributed by atoms with van der Waals surface area (Å²) in [6.45, 7) is 13.3. The number of carbonyl (C=O) groups excluding carboxylic acids is 2. The highest BCUT2D eigenvalue weighted by Gasteiger charge is 2.36. The van der Waals surface area contributed by atoms with Crippen LogP contribution in [0.4, 0.5) is 82.5 Å². The number of aryl methyl sites for hydroxylation is 3. The molecule has 0 fully saturated rings. The second-order valence-electron chi connectivity index (χ2n) is 26.8. The van der Waals surface area contributed by atoms with Crippen LogP contribution >= 0.6 is 15.9 Å². The molecule has 2 amide bonds. The molecular formula is C76H89BrF6N18O4. The lowest BCUT2D eigenvalue weighted by molar-refractivity contribution is 0.00539. The van der Waals surface area contributed by atoms with Crippen LogP contribution in [0.15, 0.2) is 169 Å². The summed E-state index contributed by atoms with van der Waals surface area (Å²) in [6, 6.07) is 41.0. The molecule has 0 unspecified atom stereocenters. The second kappa shape index (κ2) is 36.9. The number of amides is 2. The van der Waals surface area contributed by atoms with Gasteiger partial charge in [-0.2, -0.15) is 26.3 Å². The molecule has 8 N–H and O–H groups in total. The Kier molecular flexibility index (Phi) is 27.7. The van der Waals surface area contributed by atoms with E-state index in [0.29, 0.717) is 78.7 Å². The highest BCUT2D eigenvalue weighted by molar-refractivity contribution is 9.10. The fraction of sp³-hybridized carbons (Fsp3) is 0.382. The fourth-order valence-electron chi connectivity index (χ4n) is 10.9. The maximum Gasteiger partial charge on any atom is 0.416 e. The minimum atomic E-state index is -3.13. The first kappa shape index (κ1) is 78.8. The number of fused-ring (bicyclic) bond motifs is 3. The third kappa shape index (κ3) is 24.7. The van der Waals surface area contributed by atoms with Crippen LogP contribution in [0.2, 0.25) is 0 Å². The number of alkyl halides is 6. The number of rotatable bonds is 22. The molecule has 0 aliphatic carbocycles. The molecule has 556 valence electrons. The first-order chi connectivity index (χ1) is 50.2. The van der Waals surface area contributed by atoms with Crippen LogP contribution in [-0.2, 0) is 65.8 Å². The molecule has 3 aliphatic rings. The minimum Gasteiger partial charge on any atom is -0.443 e. The Morgan fingerprint density at radius 3 is 1.24 bits per heavy atom. The van der Waals surface area contributed by atoms with Crippen molar-refractivity contribution in [2.75, 3.05) is 101 Å². The summed E-state index contributed by atoms with van der Waals surface area (Å²) < 4.78 is 96.5. The van der Waals surface area contributed by atoms with E-state index in [1.165, 1.54) is 54.5 Å². The number of hydrogen-bond donors (Lipinski definition) is 7. The summed E-state index contributed by atoms with van der Waals surface area (Å²) in [5.41, 5.74) is 9.81. The molecule has 12 rings (SSSR count). The van der Waals surface area contributed by atoms with Gasteiger partial charge in [-0.1, -0.05) is 54.6 Å². The number of hydrogen-bond acceptors (Lipinski definition) is 20. The van der Waals surface area contributed by atoms with Crippen molar-refractivity contribution in [2.45, 2.75) is 128 Å². The monoisotopic (exact) mass is 1510 g/mol. The first-order valence-corrected chi connectivity index (χ1v) is 35.5. The van der Waals surface area contributed by atoms with Crippen LogP contribution in [0.1, 0.15) is 112 Å². The van der Waals surface area contributed by atoms with Crippen molar-refractivity contribution in [3.63, 3.8) is 0 Å². The molecule has 0 radical (unpaired) electrons. The second-order valence-corrected chi connectivity index (χ2v) is 27.6. The predicted octanol–water partition coefficient (Wildman–Crippen LogP) is 15.2. The van der Waals surface area contributed by atoms with E-state index in [1.807, 2.05) is 71.9 Å². The van der Waals surface area contributed by atoms with E-state index in [9.17, 15) is 35.9 Å². The minimum absolute atomic E-state index is 0.257. The third-order valence-electron chi connectivity index (χ3n) is 16.0. The summed E-state index contributed by atoms with van der Waals surface area (Å²) in [4.78, 5) is 66.1. The Morgan fingerprint density at radius 1 is 0.457 bits per heavy atom. The van der Waals surface area contributed by atoms with Crippen LogP contribution in [0, 0.1) is 0 Å². The zero-order valence-electron chi connectivity index (χ0n) is 59.6. The van der Waals surface area contributed by atoms with Gasteiger partial charge in [-0.05, 0) is 210 Å². The molecule has 0 saturated heterocycles. The zero-order valence-corrected chi connectivity index (χ0v) is 61.2. The molecule has 0 bridgehead atoms. The molecule has 22 nitrogen and oxygen atoms in total. The predicted molar refractivity (Wildman–Crippen MR) is 401 cm³/mol. The molecule has 0 saturated carbocycles. The standard InChI is InChI=1S/C27H32F2N6O2.C22H24F2N6.C15H23N3O2.C12H10BrF2N3/c1-26(2,3)37-25(36)35-17-7-8-19-12-13-20(33-24(19)35)14-16-31-22-10-6-11-23(34-22)32-18-27(28,29)21-9-4-5-15-30-21;23-22(24,18-6-1-2-12-25-18)15-28-20-8-3-7-19(30-20)26-14-11-17-10-9-16-5-4-13-27-21(16)29-17;1-15(2,3)20-14(19)18-10-4-5-11-6-7-12(8-9-16)17-13(11)18;13-10-5-3-6-11(18-10)17-8-12(14,15)9-4-1-2-7-16-9/h4-6,9-13,15H,7-8,14,16-18H2,1-3H3,(H2,31,32,34);1-3,6-10,12H,4-5,11,13-15H2,(H,27,29)(H2,26,28,30);6-7H,4-5,8-10,16H2,1-3H3;1-7H,8H2,(H,17,18). The van der Waals surface area contributed by atoms with Gasteiger partial charge in [0.05, 0.1) is 19.6 Å². The van der Waals surface area contributed by atoms with Gasteiger partial charge in [0.2, 0.25) is 0 Å². The summed E-state index contributed by atoms with van der Waals surface area (Å²) in [5, 5.41) is 17.8. The van der Waals surface area contributed by atoms with E-state index in [0.717, 1.165) is 97.8 Å². The summed E-state index contributed by atoms with van der Waals surface area (Å²) in [7, 11) is 0. The third-order valence-corrected chi connectivity index (χ3v) is 16.4. The van der Waals surface area contributed by atoms with Gasteiger partial charge in [0.25, 0.3) is 0 Å². The lowest BCUT2D eigenvalue weighted by atomic mass is 10.0. The fourth-order valence-corrected chi connectivity index (χ4v) is 11.2. The number of ether oxygens (including phenoxy) is 2. The van der Waals surface area contributed by atoms with Crippen LogP contribution < -0.4 is 47.4 Å². The number of nitrogens with zero attached hydrogens (tertiary/aromatic N) is 11. The largest absolute Gasteiger partial charge is 0.443 e. The Balaban J connectivity index is 0.000000169. The van der Waals surface area contributed by atoms with Gasteiger partial charge in [0.1, 0.15) is 79.4 Å². The van der Waals surface area contributed by atoms with Crippen LogP contribution in [0.25, 0.3) is 0 Å². The summed E-state index contributed by atoms with van der Waals surface area (Å²) in [5.74, 6) is -4.60. The van der Waals surface area contributed by atoms with E-state index < -0.39 is 54.7 Å². The Hall–Kier alpha value is -10.3. The van der Waals surface area contributed by atoms with Crippen molar-refractivity contribution >= 4 is 74.7 Å². The molecule has 0 spiro atoms. The van der Waals surface area contributed by atoms with Crippen LogP contribution in [0.3, 0.4) is 0 Å². The Morgan fingerprint density at radius 2 is 0.838 bits per heavy atom. The molecule has 0 aromatic carbocycles. The average Bonchev–Trinajstić information content (AvgIpc) is 0.810. The van der Waals surface area contributed by atoms with Gasteiger partial charge in [0, 0.05) is 87.7 Å². The van der Waals surface area contributed by atoms with E-state index >= 15 is 0 Å². The highest BCUT2D eigenvalue weighted by Crippen LogP contribution is 2.32. The summed E-state index contributed by atoms with van der Waals surface area (Å²) in [6.07, 6.45) is 11.2. The SMILES string of the molecule is CC(C)(C)OC(=O)N1CCCc2ccc(CCN)nc21.CC(C)(C)OC(=O)N1CCCc2ccc(CCNc3cccc(NCC(F)(F)c4ccccn4)n3)nc21.FC(F)(CNc1cccc(Br)n1)c1ccccn1.FC(F)(CNc1cccc(NCCc2ccc3c(n2)NCCC3)n1)c1ccccn1. The number of halogens is 7. The molecule has 105 heavy (non-hydrogen) atoms. The maximum absolute atomic E-state index is 14.4. The number of pyridine rings is 9. The number of carbonyl (C=O) groups is 2. The van der Waals surface area contributed by atoms with Gasteiger partial charge < -0.3 is 47.1 Å². The maximum atomic E-state index is 14.4. The molecule has 3 aliphatic heterocycles. The van der Waals surface area contributed by atoms with E-state index in [4.69, 9.17) is 20.2 Å². The van der Waals surface area contributed by atoms with Crippen molar-refractivity contribution in [1.29, 1.82) is 0 Å². The Bertz CT molecular complexity index is 4260. The van der Waals surface area contributed by atoms with E-state index in [-0.39, 0.29) is 23.2 Å². The molecule has 29 heteroatoms. The quantitative estimate of drug-likeness (QED) is 0.0245. The van der Waals surface area contributed by atoms with Crippen molar-refractivity contribution in [1.82, 2.24) is 44.9 Å². The molecule has 9 aromatic rings. The van der Waals surface area contributed by atoms with Gasteiger partial charge in [0.15, 0.2) is 0 Å². The normalized spacial score (nSPS) is 13.4. The first-order valence-electron chi connectivity index (χ1n) is 34.7. The molecular weight excluding hydrogens is 1420 g/mol. The van der Waals surface area contributed by atoms with Crippen LogP contribution in [0.5, 0.6) is 0 Å². The highest BCUT2D eigenvalue weighted by atomic mass is 79.9. The van der Waals surface area contributed by atoms with Crippen molar-refractivity contribution in [3.05, 3.63) is 220 Å². The van der Waals surface area contributed by atoms with Gasteiger partial charge in [-0.3, -0.25) is 24.8 Å². The average molecular weight is 1510 g/mol. The lowest BCUT2D eigenvalue weighted by Crippen LogP contribution is -2.40. The molecule has 9 aromatic heterocycles. The van der Waals surface area contributed by atoms with Crippen molar-refractivity contribution in [2.24, 2.45) is 5.73 Å². The molecule has 0 atom stereocenters. The van der Waals surface area contributed by atoms with Gasteiger partial charge in [-0.25, -0.2) is 39.5 Å². The van der Waals surface area contributed by atoms with Crippen molar-refractivity contribution in [3.8, 4) is 0 Å². The number of aromatic nitrogens is 9. The van der Waals surface area contributed by atoms with Gasteiger partial charge >= 0.3 is 30.0 Å². The zero-order chi connectivity index (χ0) is 75.0. The van der Waals surface area contributed by atoms with E-state index in [1.54, 1.807) is 82.6 Å². The van der Waals surface area contributed by atoms with Crippen LogP contribution in [-0.4, -0.2) is 127 Å². The van der Waals surface area contributed by atoms with Crippen molar-refractivity contribution < 1.29 is 45.4 Å². The Labute approximate surface area is 616 Å². The number of anilines is 8. The lowest BCUT2D eigenvalue weighted by Gasteiger charge is -2.31. The topological polar surface area (TPSA) is 273 Å². The smallest absolute Gasteiger partial charge is 0.416 e. The number of nitrogens with one attached hydrogen (secondary N) is 6. The molecule has 12 heterocycles.